The smallest absolute Gasteiger partial charge is 0.265 e. The van der Waals surface area contributed by atoms with Gasteiger partial charge >= 0.3 is 0 Å². The number of nitrogens with zero attached hydrogens (tertiary/aromatic N) is 2. The highest BCUT2D eigenvalue weighted by Gasteiger charge is 2.18. The number of nitrogen functional groups attached to an aromatic ring is 1. The number of nitrogens with two attached hydrogens (primary N) is 1. The quantitative estimate of drug-likeness (QED) is 0.883. The Bertz CT molecular complexity index is 683. The Morgan fingerprint density at radius 1 is 1.44 bits per heavy atom. The Balaban J connectivity index is 2.33. The number of pyridine rings is 1. The molecule has 2 aromatic heterocycles. The number of sulfonamides is 1. The maximum Gasteiger partial charge on any atom is 0.265 e. The Hall–Kier alpha value is -1.80. The predicted octanol–water partition coefficient (Wildman–Crippen LogP) is 1.41. The van der Waals surface area contributed by atoms with Gasteiger partial charge in [0.1, 0.15) is 10.7 Å². The zero-order valence-electron chi connectivity index (χ0n) is 9.21. The van der Waals surface area contributed by atoms with Gasteiger partial charge in [0.2, 0.25) is 5.88 Å². The van der Waals surface area contributed by atoms with E-state index in [2.05, 4.69) is 14.9 Å². The topological polar surface area (TPSA) is 111 Å². The number of rotatable bonds is 3. The fourth-order valence-electron chi connectivity index (χ4n) is 1.18. The van der Waals surface area contributed by atoms with Gasteiger partial charge in [-0.05, 0) is 13.0 Å². The molecule has 2 rings (SSSR count). The molecule has 0 aliphatic rings. The van der Waals surface area contributed by atoms with Gasteiger partial charge in [-0.25, -0.2) is 18.1 Å². The third kappa shape index (κ3) is 2.54. The summed E-state index contributed by atoms with van der Waals surface area (Å²) in [6.07, 6.45) is 1.10. The number of hydrogen-bond donors (Lipinski definition) is 2. The average molecular weight is 289 g/mol. The van der Waals surface area contributed by atoms with Gasteiger partial charge in [-0.1, -0.05) is 16.8 Å². The minimum Gasteiger partial charge on any atom is -0.382 e. The maximum absolute atomic E-state index is 11.9. The Morgan fingerprint density at radius 3 is 2.72 bits per heavy atom. The van der Waals surface area contributed by atoms with Crippen molar-refractivity contribution in [2.75, 3.05) is 10.5 Å². The van der Waals surface area contributed by atoms with Crippen molar-refractivity contribution in [1.29, 1.82) is 0 Å². The standard InChI is InChI=1S/C9H9ClN4O3S/c1-5-2-8(17-13-5)14-18(15,16)6-3-7(10)9(11)12-4-6/h2-4,14H,1H3,(H2,11,12). The maximum atomic E-state index is 11.9. The number of anilines is 2. The monoisotopic (exact) mass is 288 g/mol. The van der Waals surface area contributed by atoms with Crippen LogP contribution in [0.25, 0.3) is 0 Å². The average Bonchev–Trinajstić information content (AvgIpc) is 2.67. The van der Waals surface area contributed by atoms with Crippen LogP contribution in [-0.4, -0.2) is 18.6 Å². The molecule has 0 fully saturated rings. The fourth-order valence-corrected chi connectivity index (χ4v) is 2.36. The first kappa shape index (κ1) is 12.7. The van der Waals surface area contributed by atoms with E-state index in [9.17, 15) is 8.42 Å². The lowest BCUT2D eigenvalue weighted by Crippen LogP contribution is -2.13. The van der Waals surface area contributed by atoms with Gasteiger partial charge in [0.25, 0.3) is 10.0 Å². The van der Waals surface area contributed by atoms with E-state index in [0.717, 1.165) is 6.20 Å². The van der Waals surface area contributed by atoms with Crippen LogP contribution in [0.2, 0.25) is 5.02 Å². The summed E-state index contributed by atoms with van der Waals surface area (Å²) in [6.45, 7) is 1.67. The van der Waals surface area contributed by atoms with Crippen molar-refractivity contribution >= 4 is 33.3 Å². The van der Waals surface area contributed by atoms with Crippen molar-refractivity contribution < 1.29 is 12.9 Å². The molecular weight excluding hydrogens is 280 g/mol. The van der Waals surface area contributed by atoms with Gasteiger partial charge in [0, 0.05) is 12.3 Å². The molecule has 0 aliphatic heterocycles. The van der Waals surface area contributed by atoms with E-state index in [0.29, 0.717) is 5.69 Å². The van der Waals surface area contributed by atoms with E-state index in [4.69, 9.17) is 21.9 Å². The predicted molar refractivity (Wildman–Crippen MR) is 65.7 cm³/mol. The van der Waals surface area contributed by atoms with E-state index in [1.165, 1.54) is 12.1 Å². The van der Waals surface area contributed by atoms with E-state index < -0.39 is 10.0 Å². The van der Waals surface area contributed by atoms with Gasteiger partial charge in [-0.2, -0.15) is 0 Å². The molecule has 0 unspecified atom stereocenters. The molecule has 7 nitrogen and oxygen atoms in total. The molecule has 0 saturated carbocycles. The van der Waals surface area contributed by atoms with E-state index in [1.807, 2.05) is 0 Å². The van der Waals surface area contributed by atoms with Crippen molar-refractivity contribution in [3.63, 3.8) is 0 Å². The lowest BCUT2D eigenvalue weighted by molar-refractivity contribution is 0.430. The molecule has 0 amide bonds. The molecule has 0 atom stereocenters. The lowest BCUT2D eigenvalue weighted by atomic mass is 10.5. The number of aryl methyl sites for hydroxylation is 1. The molecular formula is C9H9ClN4O3S. The number of nitrogens with one attached hydrogen (secondary N) is 1. The molecule has 0 radical (unpaired) electrons. The largest absolute Gasteiger partial charge is 0.382 e. The van der Waals surface area contributed by atoms with Gasteiger partial charge in [0.15, 0.2) is 0 Å². The van der Waals surface area contributed by atoms with Crippen LogP contribution in [0.1, 0.15) is 5.69 Å². The highest BCUT2D eigenvalue weighted by Crippen LogP contribution is 2.22. The molecule has 0 bridgehead atoms. The van der Waals surface area contributed by atoms with Crippen LogP contribution < -0.4 is 10.5 Å². The van der Waals surface area contributed by atoms with Crippen LogP contribution >= 0.6 is 11.6 Å². The summed E-state index contributed by atoms with van der Waals surface area (Å²) in [5, 5.41) is 3.62. The first-order chi connectivity index (χ1) is 8.38. The third-order valence-corrected chi connectivity index (χ3v) is 3.63. The van der Waals surface area contributed by atoms with E-state index >= 15 is 0 Å². The van der Waals surface area contributed by atoms with Crippen LogP contribution in [0.15, 0.2) is 27.7 Å². The first-order valence-corrected chi connectivity index (χ1v) is 6.62. The minimum atomic E-state index is -3.83. The summed E-state index contributed by atoms with van der Waals surface area (Å²) in [5.74, 6) is 0.0755. The van der Waals surface area contributed by atoms with Crippen molar-refractivity contribution in [3.8, 4) is 0 Å². The third-order valence-electron chi connectivity index (χ3n) is 2.02. The van der Waals surface area contributed by atoms with Gasteiger partial charge in [0.05, 0.1) is 10.7 Å². The van der Waals surface area contributed by atoms with Crippen LogP contribution in [-0.2, 0) is 10.0 Å². The van der Waals surface area contributed by atoms with E-state index in [-0.39, 0.29) is 21.6 Å². The van der Waals surface area contributed by atoms with Gasteiger partial charge < -0.3 is 10.3 Å². The van der Waals surface area contributed by atoms with Gasteiger partial charge in [-0.3, -0.25) is 0 Å². The molecule has 0 saturated heterocycles. The Morgan fingerprint density at radius 2 is 2.17 bits per heavy atom. The van der Waals surface area contributed by atoms with Crippen molar-refractivity contribution in [2.45, 2.75) is 11.8 Å². The summed E-state index contributed by atoms with van der Waals surface area (Å²) in [4.78, 5) is 3.56. The molecule has 18 heavy (non-hydrogen) atoms. The second kappa shape index (κ2) is 4.46. The molecule has 96 valence electrons. The number of halogens is 1. The zero-order chi connectivity index (χ0) is 13.3. The zero-order valence-corrected chi connectivity index (χ0v) is 10.8. The second-order valence-corrected chi connectivity index (χ2v) is 5.57. The summed E-state index contributed by atoms with van der Waals surface area (Å²) >= 11 is 5.71. The summed E-state index contributed by atoms with van der Waals surface area (Å²) in [5.41, 5.74) is 5.96. The molecule has 2 heterocycles. The highest BCUT2D eigenvalue weighted by molar-refractivity contribution is 7.92. The molecule has 0 spiro atoms. The van der Waals surface area contributed by atoms with Crippen LogP contribution in [0.4, 0.5) is 11.7 Å². The summed E-state index contributed by atoms with van der Waals surface area (Å²) in [6, 6.07) is 2.65. The van der Waals surface area contributed by atoms with E-state index in [1.54, 1.807) is 6.92 Å². The Kier molecular flexibility index (Phi) is 3.14. The normalized spacial score (nSPS) is 11.4. The van der Waals surface area contributed by atoms with Crippen molar-refractivity contribution in [2.24, 2.45) is 0 Å². The van der Waals surface area contributed by atoms with Crippen LogP contribution in [0.3, 0.4) is 0 Å². The number of aromatic nitrogens is 2. The molecule has 2 aromatic rings. The second-order valence-electron chi connectivity index (χ2n) is 3.48. The van der Waals surface area contributed by atoms with Crippen LogP contribution in [0, 0.1) is 6.92 Å². The number of hydrogen-bond acceptors (Lipinski definition) is 6. The lowest BCUT2D eigenvalue weighted by Gasteiger charge is -2.05. The SMILES string of the molecule is Cc1cc(NS(=O)(=O)c2cnc(N)c(Cl)c2)on1. The van der Waals surface area contributed by atoms with Crippen molar-refractivity contribution in [1.82, 2.24) is 10.1 Å². The summed E-state index contributed by atoms with van der Waals surface area (Å²) < 4.78 is 30.8. The molecule has 0 aliphatic carbocycles. The van der Waals surface area contributed by atoms with Crippen molar-refractivity contribution in [3.05, 3.63) is 29.0 Å². The van der Waals surface area contributed by atoms with Crippen LogP contribution in [0.5, 0.6) is 0 Å². The fraction of sp³-hybridized carbons (Fsp3) is 0.111. The highest BCUT2D eigenvalue weighted by atomic mass is 35.5. The molecule has 3 N–H and O–H groups in total. The Labute approximate surface area is 108 Å². The molecule has 9 heteroatoms. The minimum absolute atomic E-state index is 0.0143. The van der Waals surface area contributed by atoms with Gasteiger partial charge in [-0.15, -0.1) is 0 Å². The summed E-state index contributed by atoms with van der Waals surface area (Å²) in [7, 11) is -3.83. The molecule has 0 aromatic carbocycles. The first-order valence-electron chi connectivity index (χ1n) is 4.75.